The Morgan fingerprint density at radius 3 is 2.41 bits per heavy atom. The van der Waals surface area contributed by atoms with Crippen LogP contribution < -0.4 is 5.73 Å². The van der Waals surface area contributed by atoms with E-state index in [2.05, 4.69) is 43.0 Å². The molecule has 1 aromatic heterocycles. The summed E-state index contributed by atoms with van der Waals surface area (Å²) in [6, 6.07) is -0.893. The van der Waals surface area contributed by atoms with E-state index in [0.717, 1.165) is 25.1 Å². The van der Waals surface area contributed by atoms with Gasteiger partial charge in [-0.25, -0.2) is 0 Å². The van der Waals surface area contributed by atoms with Gasteiger partial charge >= 0.3 is 5.97 Å². The fourth-order valence-electron chi connectivity index (χ4n) is 10.2. The van der Waals surface area contributed by atoms with Crippen molar-refractivity contribution < 1.29 is 48.2 Å². The molecule has 17 heteroatoms. The van der Waals surface area contributed by atoms with Gasteiger partial charge in [0.05, 0.1) is 53.3 Å². The van der Waals surface area contributed by atoms with Crippen LogP contribution in [0.25, 0.3) is 0 Å². The van der Waals surface area contributed by atoms with E-state index >= 15 is 0 Å². The van der Waals surface area contributed by atoms with Gasteiger partial charge in [-0.15, -0.1) is 5.10 Å². The van der Waals surface area contributed by atoms with Crippen LogP contribution in [0.5, 0.6) is 0 Å². The van der Waals surface area contributed by atoms with Crippen molar-refractivity contribution in [1.82, 2.24) is 24.7 Å². The van der Waals surface area contributed by atoms with Crippen LogP contribution >= 0.6 is 0 Å². The quantitative estimate of drug-likeness (QED) is 0.253. The standard InChI is InChI=1S/C41H75BN6O10/c1-14-30-41(10,51)35(49)26(6)47(12)20-22(2)18-40(9)36(24(4)32(25(5)37(50)55-30)56-31-19-39(8,52-13)34(43)27(7)54-31)57-38-33(58-40)29(17-23(3)53-38)46(11)16-15-28-21-48(42)45-44-28/h21-27,29-36,38,49,51H,14-20,42-43H2,1-13H3/t22-,23-,24+,25-,26-,27+,29+,30-,31+,32+,33-,34+,35-,36-,38+,39-,40-,41-/m1/s1. The zero-order chi connectivity index (χ0) is 43.1. The lowest BCUT2D eigenvalue weighted by Crippen LogP contribution is -2.68. The third-order valence-corrected chi connectivity index (χ3v) is 14.0. The summed E-state index contributed by atoms with van der Waals surface area (Å²) in [6.07, 6.45) is -1.41. The second-order valence-corrected chi connectivity index (χ2v) is 18.9. The maximum Gasteiger partial charge on any atom is 0.311 e. The number of nitrogens with zero attached hydrogens (tertiary/aromatic N) is 5. The van der Waals surface area contributed by atoms with Gasteiger partial charge in [-0.1, -0.05) is 26.0 Å². The Bertz CT molecular complexity index is 1510. The molecule has 0 spiro atoms. The van der Waals surface area contributed by atoms with Gasteiger partial charge in [-0.05, 0) is 87.7 Å². The van der Waals surface area contributed by atoms with Crippen LogP contribution in [0.15, 0.2) is 6.20 Å². The summed E-state index contributed by atoms with van der Waals surface area (Å²) >= 11 is 0. The molecule has 0 unspecified atom stereocenters. The predicted octanol–water partition coefficient (Wildman–Crippen LogP) is 1.51. The molecule has 0 radical (unpaired) electrons. The molecule has 5 heterocycles. The lowest BCUT2D eigenvalue weighted by atomic mass is 9.76. The zero-order valence-electron chi connectivity index (χ0n) is 37.7. The molecule has 1 aromatic rings. The summed E-state index contributed by atoms with van der Waals surface area (Å²) in [5, 5.41) is 32.0. The minimum Gasteiger partial charge on any atom is -0.459 e. The molecule has 4 aliphatic heterocycles. The Morgan fingerprint density at radius 1 is 1.10 bits per heavy atom. The van der Waals surface area contributed by atoms with Crippen molar-refractivity contribution >= 4 is 14.0 Å². The zero-order valence-corrected chi connectivity index (χ0v) is 37.7. The predicted molar refractivity (Wildman–Crippen MR) is 219 cm³/mol. The summed E-state index contributed by atoms with van der Waals surface area (Å²) in [6.45, 7) is 20.6. The van der Waals surface area contributed by atoms with E-state index in [1.807, 2.05) is 60.7 Å². The number of aromatic nitrogens is 3. The Kier molecular flexibility index (Phi) is 15.2. The maximum absolute atomic E-state index is 14.4. The molecule has 0 amide bonds. The number of methoxy groups -OCH3 is 1. The van der Waals surface area contributed by atoms with Crippen molar-refractivity contribution in [3.05, 3.63) is 11.9 Å². The van der Waals surface area contributed by atoms with Gasteiger partial charge in [0.1, 0.15) is 23.9 Å². The molecular weight excluding hydrogens is 747 g/mol. The Morgan fingerprint density at radius 2 is 1.79 bits per heavy atom. The fraction of sp³-hybridized carbons (Fsp3) is 0.927. The van der Waals surface area contributed by atoms with Gasteiger partial charge < -0.3 is 63.5 Å². The highest BCUT2D eigenvalue weighted by molar-refractivity contribution is 6.05. The highest BCUT2D eigenvalue weighted by atomic mass is 16.7. The van der Waals surface area contributed by atoms with Crippen molar-refractivity contribution in [1.29, 1.82) is 0 Å². The first-order valence-corrected chi connectivity index (χ1v) is 21.5. The Balaban J connectivity index is 1.55. The number of rotatable bonds is 8. The number of hydrogen-bond donors (Lipinski definition) is 3. The van der Waals surface area contributed by atoms with Gasteiger partial charge in [0, 0.05) is 57.2 Å². The SMILES string of the molecule is Bn1cc(CCN(C)[C@H]2C[C@@H](C)O[C@H]3O[C@@H]4[C@@H](C)[C@H](O[C@H]5C[C@@](C)(OC)[C@@H](N)[C@H](C)O5)[C@@H](C)C(=O)O[C@H](CC)[C@@](C)(O)[C@H](O)[C@@H](C)N(C)C[C@H](C)C[C@@]4(C)O[C@@H]32)nn1. The van der Waals surface area contributed by atoms with Crippen molar-refractivity contribution in [3.8, 4) is 0 Å². The normalized spacial score (nSPS) is 46.4. The van der Waals surface area contributed by atoms with E-state index in [1.165, 1.54) is 0 Å². The van der Waals surface area contributed by atoms with Crippen molar-refractivity contribution in [2.45, 2.75) is 192 Å². The number of aliphatic hydroxyl groups is 2. The molecule has 58 heavy (non-hydrogen) atoms. The molecular formula is C41H75BN6O10. The van der Waals surface area contributed by atoms with Gasteiger partial charge in [-0.3, -0.25) is 4.79 Å². The van der Waals surface area contributed by atoms with Crippen LogP contribution in [-0.2, 0) is 44.4 Å². The first kappa shape index (κ1) is 47.3. The van der Waals surface area contributed by atoms with E-state index in [1.54, 1.807) is 25.6 Å². The molecule has 0 aromatic carbocycles. The van der Waals surface area contributed by atoms with Crippen LogP contribution in [0.1, 0.15) is 101 Å². The van der Waals surface area contributed by atoms with Crippen LogP contribution in [0.2, 0.25) is 0 Å². The number of esters is 1. The lowest BCUT2D eigenvalue weighted by molar-refractivity contribution is -0.377. The molecule has 4 fully saturated rings. The molecule has 5 rings (SSSR count). The topological polar surface area (TPSA) is 185 Å². The van der Waals surface area contributed by atoms with Crippen molar-refractivity contribution in [2.75, 3.05) is 34.3 Å². The number of ether oxygens (including phenoxy) is 7. The van der Waals surface area contributed by atoms with E-state index in [4.69, 9.17) is 38.9 Å². The van der Waals surface area contributed by atoms with E-state index in [-0.39, 0.29) is 24.5 Å². The van der Waals surface area contributed by atoms with Crippen LogP contribution in [0.3, 0.4) is 0 Å². The van der Waals surface area contributed by atoms with Crippen molar-refractivity contribution in [3.63, 3.8) is 0 Å². The third kappa shape index (κ3) is 9.96. The minimum absolute atomic E-state index is 0.0227. The summed E-state index contributed by atoms with van der Waals surface area (Å²) in [5.74, 6) is -1.85. The number of aliphatic hydroxyl groups excluding tert-OH is 1. The summed E-state index contributed by atoms with van der Waals surface area (Å²) in [4.78, 5) is 18.8. The second kappa shape index (κ2) is 18.7. The summed E-state index contributed by atoms with van der Waals surface area (Å²) < 4.78 is 48.3. The Labute approximate surface area is 347 Å². The minimum atomic E-state index is -1.74. The monoisotopic (exact) mass is 823 g/mol. The van der Waals surface area contributed by atoms with E-state index < -0.39 is 95.9 Å². The number of cyclic esters (lactones) is 1. The van der Waals surface area contributed by atoms with E-state index in [9.17, 15) is 15.0 Å². The average molecular weight is 823 g/mol. The molecule has 4 N–H and O–H groups in total. The van der Waals surface area contributed by atoms with Crippen LogP contribution in [-0.4, -0.2) is 173 Å². The van der Waals surface area contributed by atoms with Crippen LogP contribution in [0.4, 0.5) is 0 Å². The number of likely N-dealkylation sites (N-methyl/N-ethyl adjacent to an activating group) is 2. The average Bonchev–Trinajstić information content (AvgIpc) is 3.59. The molecule has 0 saturated carbocycles. The highest BCUT2D eigenvalue weighted by Gasteiger charge is 2.57. The fourth-order valence-corrected chi connectivity index (χ4v) is 10.2. The van der Waals surface area contributed by atoms with Gasteiger partial charge in [0.15, 0.2) is 12.6 Å². The molecule has 18 atom stereocenters. The molecule has 0 bridgehead atoms. The first-order valence-electron chi connectivity index (χ1n) is 21.5. The maximum atomic E-state index is 14.4. The number of carbonyl (C=O) groups is 1. The second-order valence-electron chi connectivity index (χ2n) is 18.9. The molecule has 4 saturated heterocycles. The molecule has 0 aliphatic carbocycles. The van der Waals surface area contributed by atoms with Gasteiger partial charge in [-0.2, -0.15) is 0 Å². The first-order chi connectivity index (χ1) is 27.0. The number of fused-ring (bicyclic) bond motifs is 2. The molecule has 4 aliphatic rings. The lowest BCUT2D eigenvalue weighted by Gasteiger charge is -2.56. The van der Waals surface area contributed by atoms with Gasteiger partial charge in [0.25, 0.3) is 7.98 Å². The van der Waals surface area contributed by atoms with Gasteiger partial charge in [0.2, 0.25) is 0 Å². The smallest absolute Gasteiger partial charge is 0.311 e. The molecule has 16 nitrogen and oxygen atoms in total. The third-order valence-electron chi connectivity index (χ3n) is 14.0. The summed E-state index contributed by atoms with van der Waals surface area (Å²) in [5.41, 5.74) is 4.11. The number of carbonyl (C=O) groups excluding carboxylic acids is 1. The highest BCUT2D eigenvalue weighted by Crippen LogP contribution is 2.45. The van der Waals surface area contributed by atoms with Crippen molar-refractivity contribution in [2.24, 2.45) is 23.5 Å². The van der Waals surface area contributed by atoms with E-state index in [0.29, 0.717) is 19.4 Å². The van der Waals surface area contributed by atoms with Crippen LogP contribution in [0, 0.1) is 17.8 Å². The number of hydrogen-bond acceptors (Lipinski definition) is 15. The largest absolute Gasteiger partial charge is 0.459 e. The Hall–Kier alpha value is -1.77. The molecule has 332 valence electrons. The number of nitrogens with two attached hydrogens (primary N) is 1. The summed E-state index contributed by atoms with van der Waals surface area (Å²) in [7, 11) is 7.55.